The van der Waals surface area contributed by atoms with Crippen LogP contribution in [0.15, 0.2) is 12.2 Å². The van der Waals surface area contributed by atoms with Gasteiger partial charge in [-0.15, -0.1) is 0 Å². The van der Waals surface area contributed by atoms with Crippen LogP contribution in [0.1, 0.15) is 104 Å². The number of esters is 1. The zero-order chi connectivity index (χ0) is 22.4. The first-order chi connectivity index (χ1) is 14.3. The van der Waals surface area contributed by atoms with Gasteiger partial charge >= 0.3 is 5.97 Å². The normalized spacial score (nSPS) is 24.1. The molecule has 0 bridgehead atoms. The molecule has 0 amide bonds. The van der Waals surface area contributed by atoms with Crippen LogP contribution in [0.5, 0.6) is 0 Å². The third kappa shape index (κ3) is 11.3. The molecule has 1 aliphatic rings. The van der Waals surface area contributed by atoms with Crippen LogP contribution in [-0.2, 0) is 14.3 Å². The summed E-state index contributed by atoms with van der Waals surface area (Å²) >= 11 is 0. The van der Waals surface area contributed by atoms with E-state index >= 15 is 0 Å². The molecule has 4 atom stereocenters. The summed E-state index contributed by atoms with van der Waals surface area (Å²) in [6.45, 7) is 5.85. The van der Waals surface area contributed by atoms with E-state index in [1.807, 2.05) is 13.8 Å². The number of aliphatic hydroxyl groups is 2. The number of carbonyl (C=O) groups is 2. The molecule has 1 fully saturated rings. The van der Waals surface area contributed by atoms with Crippen molar-refractivity contribution >= 4 is 11.8 Å². The summed E-state index contributed by atoms with van der Waals surface area (Å²) in [5, 5.41) is 20.7. The minimum absolute atomic E-state index is 0.00625. The second-order valence-electron chi connectivity index (χ2n) is 9.08. The van der Waals surface area contributed by atoms with E-state index in [4.69, 9.17) is 4.74 Å². The summed E-state index contributed by atoms with van der Waals surface area (Å²) < 4.78 is 5.12. The predicted octanol–water partition coefficient (Wildman–Crippen LogP) is 5.12. The maximum absolute atomic E-state index is 12.1. The number of hydrogen-bond acceptors (Lipinski definition) is 5. The summed E-state index contributed by atoms with van der Waals surface area (Å²) in [5.74, 6) is 0.199. The lowest BCUT2D eigenvalue weighted by molar-refractivity contribution is -0.147. The van der Waals surface area contributed by atoms with Crippen molar-refractivity contribution in [2.45, 2.75) is 123 Å². The zero-order valence-corrected chi connectivity index (χ0v) is 19.4. The van der Waals surface area contributed by atoms with E-state index in [9.17, 15) is 19.8 Å². The van der Waals surface area contributed by atoms with Crippen LogP contribution in [0, 0.1) is 11.8 Å². The van der Waals surface area contributed by atoms with Gasteiger partial charge in [-0.3, -0.25) is 9.59 Å². The molecule has 1 rings (SSSR count). The van der Waals surface area contributed by atoms with Crippen LogP contribution in [0.2, 0.25) is 0 Å². The smallest absolute Gasteiger partial charge is 0.306 e. The van der Waals surface area contributed by atoms with Crippen LogP contribution >= 0.6 is 0 Å². The molecule has 5 nitrogen and oxygen atoms in total. The highest BCUT2D eigenvalue weighted by molar-refractivity contribution is 5.78. The first-order valence-corrected chi connectivity index (χ1v) is 12.1. The summed E-state index contributed by atoms with van der Waals surface area (Å²) in [4.78, 5) is 23.5. The van der Waals surface area contributed by atoms with Crippen LogP contribution in [0.4, 0.5) is 0 Å². The van der Waals surface area contributed by atoms with Crippen LogP contribution < -0.4 is 0 Å². The fraction of sp³-hybridized carbons (Fsp3) is 0.840. The first-order valence-electron chi connectivity index (χ1n) is 12.1. The minimum atomic E-state index is -0.507. The van der Waals surface area contributed by atoms with E-state index < -0.39 is 12.2 Å². The molecular weight excluding hydrogens is 380 g/mol. The molecule has 1 saturated carbocycles. The van der Waals surface area contributed by atoms with E-state index in [1.54, 1.807) is 0 Å². The van der Waals surface area contributed by atoms with Gasteiger partial charge < -0.3 is 14.9 Å². The van der Waals surface area contributed by atoms with E-state index in [0.29, 0.717) is 32.1 Å². The van der Waals surface area contributed by atoms with Crippen molar-refractivity contribution in [1.82, 2.24) is 0 Å². The second-order valence-corrected chi connectivity index (χ2v) is 9.08. The van der Waals surface area contributed by atoms with Gasteiger partial charge in [0.2, 0.25) is 0 Å². The fourth-order valence-corrected chi connectivity index (χ4v) is 4.33. The van der Waals surface area contributed by atoms with Crippen molar-refractivity contribution in [3.8, 4) is 0 Å². The highest BCUT2D eigenvalue weighted by Gasteiger charge is 2.40. The van der Waals surface area contributed by atoms with Gasteiger partial charge in [0.25, 0.3) is 0 Å². The maximum Gasteiger partial charge on any atom is 0.306 e. The molecule has 2 N–H and O–H groups in total. The van der Waals surface area contributed by atoms with Gasteiger partial charge in [0.05, 0.1) is 18.3 Å². The number of allylic oxidation sites excluding steroid dienone is 2. The van der Waals surface area contributed by atoms with E-state index in [1.165, 1.54) is 0 Å². The Morgan fingerprint density at radius 2 is 1.63 bits per heavy atom. The van der Waals surface area contributed by atoms with Gasteiger partial charge in [0.1, 0.15) is 5.78 Å². The molecule has 0 heterocycles. The van der Waals surface area contributed by atoms with Crippen molar-refractivity contribution < 1.29 is 24.5 Å². The molecule has 0 aromatic rings. The predicted molar refractivity (Wildman–Crippen MR) is 120 cm³/mol. The Bertz CT molecular complexity index is 514. The number of aliphatic hydroxyl groups excluding tert-OH is 2. The lowest BCUT2D eigenvalue weighted by atomic mass is 9.86. The largest absolute Gasteiger partial charge is 0.463 e. The van der Waals surface area contributed by atoms with Gasteiger partial charge in [-0.25, -0.2) is 0 Å². The Hall–Kier alpha value is -1.20. The molecule has 5 heteroatoms. The van der Waals surface area contributed by atoms with E-state index in [2.05, 4.69) is 19.1 Å². The number of unbranched alkanes of at least 4 members (excludes halogenated alkanes) is 5. The molecule has 0 aromatic heterocycles. The van der Waals surface area contributed by atoms with Gasteiger partial charge in [-0.2, -0.15) is 0 Å². The Kier molecular flexibility index (Phi) is 13.9. The molecule has 0 spiro atoms. The summed E-state index contributed by atoms with van der Waals surface area (Å²) in [5.41, 5.74) is 0. The van der Waals surface area contributed by atoms with Crippen LogP contribution in [0.25, 0.3) is 0 Å². The average Bonchev–Trinajstić information content (AvgIpc) is 2.94. The molecule has 1 aliphatic carbocycles. The fourth-order valence-electron chi connectivity index (χ4n) is 4.33. The van der Waals surface area contributed by atoms with Crippen molar-refractivity contribution in [3.05, 3.63) is 12.2 Å². The number of carbonyl (C=O) groups excluding carboxylic acids is 2. The third-order valence-electron chi connectivity index (χ3n) is 6.03. The second kappa shape index (κ2) is 15.6. The molecule has 0 radical (unpaired) electrons. The van der Waals surface area contributed by atoms with Crippen LogP contribution in [-0.4, -0.2) is 40.3 Å². The molecule has 30 heavy (non-hydrogen) atoms. The zero-order valence-electron chi connectivity index (χ0n) is 19.4. The lowest BCUT2D eigenvalue weighted by Crippen LogP contribution is -2.22. The topological polar surface area (TPSA) is 83.8 Å². The number of rotatable bonds is 16. The average molecular weight is 425 g/mol. The minimum Gasteiger partial charge on any atom is -0.463 e. The van der Waals surface area contributed by atoms with E-state index in [-0.39, 0.29) is 29.7 Å². The molecule has 174 valence electrons. The van der Waals surface area contributed by atoms with Crippen molar-refractivity contribution in [2.24, 2.45) is 11.8 Å². The molecule has 0 saturated heterocycles. The van der Waals surface area contributed by atoms with Gasteiger partial charge in [0.15, 0.2) is 0 Å². The Balaban J connectivity index is 2.25. The quantitative estimate of drug-likeness (QED) is 0.204. The Morgan fingerprint density at radius 1 is 0.933 bits per heavy atom. The SMILES string of the molecule is CCCCCC(=O)CC[C@H]1C(O)CC(O)C1CC=CCCCCCC(=O)OC(C)C. The van der Waals surface area contributed by atoms with E-state index in [0.717, 1.165) is 51.4 Å². The highest BCUT2D eigenvalue weighted by atomic mass is 16.5. The van der Waals surface area contributed by atoms with Gasteiger partial charge in [0, 0.05) is 19.3 Å². The molecule has 0 aromatic carbocycles. The summed E-state index contributed by atoms with van der Waals surface area (Å²) in [7, 11) is 0. The third-order valence-corrected chi connectivity index (χ3v) is 6.03. The van der Waals surface area contributed by atoms with Crippen molar-refractivity contribution in [1.29, 1.82) is 0 Å². The lowest BCUT2D eigenvalue weighted by Gasteiger charge is -2.22. The summed E-state index contributed by atoms with van der Waals surface area (Å²) in [6.07, 6.45) is 13.6. The van der Waals surface area contributed by atoms with Crippen molar-refractivity contribution in [3.63, 3.8) is 0 Å². The number of ether oxygens (including phenoxy) is 1. The molecular formula is C25H44O5. The van der Waals surface area contributed by atoms with Gasteiger partial charge in [-0.05, 0) is 70.6 Å². The van der Waals surface area contributed by atoms with Crippen molar-refractivity contribution in [2.75, 3.05) is 0 Å². The Morgan fingerprint density at radius 3 is 2.33 bits per heavy atom. The number of hydrogen-bond donors (Lipinski definition) is 2. The number of ketones is 1. The summed E-state index contributed by atoms with van der Waals surface area (Å²) in [6, 6.07) is 0. The monoisotopic (exact) mass is 424 g/mol. The number of Topliss-reactive ketones (excluding diaryl/α,β-unsaturated/α-hetero) is 1. The standard InChI is InChI=1S/C25H44O5/c1-4-5-10-13-20(26)16-17-22-21(23(27)18-24(22)28)14-11-8-6-7-9-12-15-25(29)30-19(2)3/h8,11,19,21-24,27-28H,4-7,9-10,12-18H2,1-3H3/t21?,22-,23?,24?/m1/s1. The highest BCUT2D eigenvalue weighted by Crippen LogP contribution is 2.38. The van der Waals surface area contributed by atoms with Gasteiger partial charge in [-0.1, -0.05) is 38.3 Å². The molecule has 0 aliphatic heterocycles. The Labute approximate surface area is 183 Å². The molecule has 3 unspecified atom stereocenters. The first kappa shape index (κ1) is 26.8. The van der Waals surface area contributed by atoms with Crippen LogP contribution in [0.3, 0.4) is 0 Å². The maximum atomic E-state index is 12.1.